The van der Waals surface area contributed by atoms with Crippen molar-refractivity contribution in [2.75, 3.05) is 0 Å². The molecule has 2 heterocycles. The third-order valence-corrected chi connectivity index (χ3v) is 3.32. The highest BCUT2D eigenvalue weighted by Gasteiger charge is 2.07. The van der Waals surface area contributed by atoms with Gasteiger partial charge in [-0.15, -0.1) is 0 Å². The first-order chi connectivity index (χ1) is 10.1. The Morgan fingerprint density at radius 3 is 2.14 bits per heavy atom. The molecule has 0 atom stereocenters. The monoisotopic (exact) mass is 295 g/mol. The van der Waals surface area contributed by atoms with E-state index in [4.69, 9.17) is 11.6 Å². The smallest absolute Gasteiger partial charge is 0.178 e. The first-order valence-corrected chi connectivity index (χ1v) is 7.05. The third kappa shape index (κ3) is 3.09. The molecule has 104 valence electrons. The van der Waals surface area contributed by atoms with Crippen molar-refractivity contribution in [1.82, 2.24) is 15.0 Å². The summed E-state index contributed by atoms with van der Waals surface area (Å²) < 4.78 is 0. The maximum Gasteiger partial charge on any atom is 0.178 e. The first-order valence-electron chi connectivity index (χ1n) is 6.67. The third-order valence-electron chi connectivity index (χ3n) is 3.08. The average Bonchev–Trinajstić information content (AvgIpc) is 2.46. The molecule has 0 aliphatic carbocycles. The lowest BCUT2D eigenvalue weighted by atomic mass is 10.1. The number of hydrogen-bond acceptors (Lipinski definition) is 3. The van der Waals surface area contributed by atoms with E-state index in [0.29, 0.717) is 10.8 Å². The van der Waals surface area contributed by atoms with E-state index in [0.717, 1.165) is 28.3 Å². The summed E-state index contributed by atoms with van der Waals surface area (Å²) in [7, 11) is 0. The van der Waals surface area contributed by atoms with E-state index >= 15 is 0 Å². The molecule has 0 fully saturated rings. The van der Waals surface area contributed by atoms with Crippen LogP contribution >= 0.6 is 11.6 Å². The maximum absolute atomic E-state index is 6.04. The van der Waals surface area contributed by atoms with Crippen LogP contribution in [0.1, 0.15) is 11.4 Å². The lowest BCUT2D eigenvalue weighted by Gasteiger charge is -2.06. The Morgan fingerprint density at radius 2 is 1.43 bits per heavy atom. The zero-order valence-corrected chi connectivity index (χ0v) is 12.6. The predicted molar refractivity (Wildman–Crippen MR) is 85.2 cm³/mol. The molecule has 2 aromatic heterocycles. The Bertz CT molecular complexity index is 779. The van der Waals surface area contributed by atoms with Crippen molar-refractivity contribution in [3.05, 3.63) is 64.9 Å². The summed E-state index contributed by atoms with van der Waals surface area (Å²) in [4.78, 5) is 13.6. The molecule has 0 bridgehead atoms. The minimum absolute atomic E-state index is 0.649. The molecule has 4 heteroatoms. The van der Waals surface area contributed by atoms with Crippen molar-refractivity contribution < 1.29 is 0 Å². The van der Waals surface area contributed by atoms with Crippen LogP contribution < -0.4 is 0 Å². The van der Waals surface area contributed by atoms with Gasteiger partial charge in [-0.25, -0.2) is 15.0 Å². The lowest BCUT2D eigenvalue weighted by Crippen LogP contribution is -1.97. The Morgan fingerprint density at radius 1 is 0.762 bits per heavy atom. The zero-order chi connectivity index (χ0) is 14.8. The largest absolute Gasteiger partial charge is 0.244 e. The Balaban J connectivity index is 2.08. The van der Waals surface area contributed by atoms with Gasteiger partial charge in [0, 0.05) is 22.0 Å². The van der Waals surface area contributed by atoms with Crippen molar-refractivity contribution >= 4 is 11.6 Å². The molecule has 3 aromatic rings. The summed E-state index contributed by atoms with van der Waals surface area (Å²) in [6.07, 6.45) is 0. The molecule has 1 aromatic carbocycles. The molecule has 0 aliphatic rings. The first kappa shape index (κ1) is 13.7. The van der Waals surface area contributed by atoms with E-state index in [1.807, 2.05) is 62.4 Å². The quantitative estimate of drug-likeness (QED) is 0.700. The molecule has 3 nitrogen and oxygen atoms in total. The fourth-order valence-corrected chi connectivity index (χ4v) is 2.40. The van der Waals surface area contributed by atoms with Crippen LogP contribution in [-0.2, 0) is 0 Å². The van der Waals surface area contributed by atoms with Crippen molar-refractivity contribution in [2.24, 2.45) is 0 Å². The summed E-state index contributed by atoms with van der Waals surface area (Å²) in [5, 5.41) is 0.697. The van der Waals surface area contributed by atoms with Gasteiger partial charge in [0.15, 0.2) is 5.82 Å². The molecule has 3 rings (SSSR count). The zero-order valence-electron chi connectivity index (χ0n) is 11.8. The van der Waals surface area contributed by atoms with Gasteiger partial charge >= 0.3 is 0 Å². The van der Waals surface area contributed by atoms with E-state index in [9.17, 15) is 0 Å². The highest BCUT2D eigenvalue weighted by molar-refractivity contribution is 6.30. The number of nitrogens with zero attached hydrogens (tertiary/aromatic N) is 3. The standard InChI is InChI=1S/C17H14ClN3/c1-11-9-12(2)20-17(19-11)16-8-4-7-15(21-16)13-5-3-6-14(18)10-13/h3-10H,1-2H3. The van der Waals surface area contributed by atoms with Crippen molar-refractivity contribution in [3.8, 4) is 22.8 Å². The highest BCUT2D eigenvalue weighted by Crippen LogP contribution is 2.23. The summed E-state index contributed by atoms with van der Waals surface area (Å²) >= 11 is 6.04. The Kier molecular flexibility index (Phi) is 3.67. The minimum Gasteiger partial charge on any atom is -0.244 e. The van der Waals surface area contributed by atoms with E-state index in [-0.39, 0.29) is 0 Å². The van der Waals surface area contributed by atoms with Gasteiger partial charge in [-0.1, -0.05) is 29.8 Å². The van der Waals surface area contributed by atoms with E-state index in [1.165, 1.54) is 0 Å². The van der Waals surface area contributed by atoms with Gasteiger partial charge in [-0.05, 0) is 44.2 Å². The van der Waals surface area contributed by atoms with Gasteiger partial charge in [0.25, 0.3) is 0 Å². The van der Waals surface area contributed by atoms with Crippen molar-refractivity contribution in [2.45, 2.75) is 13.8 Å². The molecule has 0 aliphatic heterocycles. The maximum atomic E-state index is 6.04. The van der Waals surface area contributed by atoms with E-state index in [1.54, 1.807) is 0 Å². The van der Waals surface area contributed by atoms with Crippen LogP contribution in [0.3, 0.4) is 0 Å². The molecular formula is C17H14ClN3. The molecular weight excluding hydrogens is 282 g/mol. The van der Waals surface area contributed by atoms with E-state index in [2.05, 4.69) is 15.0 Å². The summed E-state index contributed by atoms with van der Waals surface area (Å²) in [6, 6.07) is 15.4. The molecule has 0 saturated heterocycles. The molecule has 0 saturated carbocycles. The lowest BCUT2D eigenvalue weighted by molar-refractivity contribution is 1.05. The van der Waals surface area contributed by atoms with Crippen molar-refractivity contribution in [1.29, 1.82) is 0 Å². The number of pyridine rings is 1. The molecule has 0 amide bonds. The number of aryl methyl sites for hydroxylation is 2. The van der Waals surface area contributed by atoms with Crippen LogP contribution in [0.4, 0.5) is 0 Å². The highest BCUT2D eigenvalue weighted by atomic mass is 35.5. The predicted octanol–water partition coefficient (Wildman–Crippen LogP) is 4.48. The van der Waals surface area contributed by atoms with Gasteiger partial charge in [-0.3, -0.25) is 0 Å². The number of aromatic nitrogens is 3. The number of hydrogen-bond donors (Lipinski definition) is 0. The number of rotatable bonds is 2. The average molecular weight is 296 g/mol. The van der Waals surface area contributed by atoms with Gasteiger partial charge in [0.05, 0.1) is 5.69 Å². The second-order valence-corrected chi connectivity index (χ2v) is 5.33. The second-order valence-electron chi connectivity index (χ2n) is 4.89. The molecule has 0 radical (unpaired) electrons. The SMILES string of the molecule is Cc1cc(C)nc(-c2cccc(-c3cccc(Cl)c3)n2)n1. The van der Waals surface area contributed by atoms with Gasteiger partial charge < -0.3 is 0 Å². The van der Waals surface area contributed by atoms with Gasteiger partial charge in [0.2, 0.25) is 0 Å². The van der Waals surface area contributed by atoms with Crippen LogP contribution in [0.15, 0.2) is 48.5 Å². The second kappa shape index (κ2) is 5.62. The molecule has 0 unspecified atom stereocenters. The Hall–Kier alpha value is -2.26. The minimum atomic E-state index is 0.649. The fourth-order valence-electron chi connectivity index (χ4n) is 2.21. The summed E-state index contributed by atoms with van der Waals surface area (Å²) in [5.74, 6) is 0.649. The molecule has 21 heavy (non-hydrogen) atoms. The topological polar surface area (TPSA) is 38.7 Å². The van der Waals surface area contributed by atoms with Crippen LogP contribution in [0, 0.1) is 13.8 Å². The van der Waals surface area contributed by atoms with Gasteiger partial charge in [-0.2, -0.15) is 0 Å². The van der Waals surface area contributed by atoms with Crippen LogP contribution in [-0.4, -0.2) is 15.0 Å². The summed E-state index contributed by atoms with van der Waals surface area (Å²) in [6.45, 7) is 3.91. The van der Waals surface area contributed by atoms with Crippen molar-refractivity contribution in [3.63, 3.8) is 0 Å². The Labute approximate surface area is 128 Å². The number of benzene rings is 1. The molecule has 0 spiro atoms. The van der Waals surface area contributed by atoms with Gasteiger partial charge in [0.1, 0.15) is 5.69 Å². The van der Waals surface area contributed by atoms with E-state index < -0.39 is 0 Å². The van der Waals surface area contributed by atoms with Crippen LogP contribution in [0.2, 0.25) is 5.02 Å². The number of halogens is 1. The van der Waals surface area contributed by atoms with Crippen LogP contribution in [0.25, 0.3) is 22.8 Å². The normalized spacial score (nSPS) is 10.6. The fraction of sp³-hybridized carbons (Fsp3) is 0.118. The molecule has 0 N–H and O–H groups in total. The summed E-state index contributed by atoms with van der Waals surface area (Å²) in [5.41, 5.74) is 4.48. The van der Waals surface area contributed by atoms with Crippen LogP contribution in [0.5, 0.6) is 0 Å².